The topological polar surface area (TPSA) is 91.9 Å². The highest BCUT2D eigenvalue weighted by Crippen LogP contribution is 2.56. The van der Waals surface area contributed by atoms with Gasteiger partial charge in [0.2, 0.25) is 0 Å². The fourth-order valence-corrected chi connectivity index (χ4v) is 10.1. The summed E-state index contributed by atoms with van der Waals surface area (Å²) in [6.45, 7) is 5.28. The van der Waals surface area contributed by atoms with Crippen LogP contribution < -0.4 is 20.7 Å². The lowest BCUT2D eigenvalue weighted by Crippen LogP contribution is -2.42. The summed E-state index contributed by atoms with van der Waals surface area (Å²) in [5.74, 6) is 0.396. The van der Waals surface area contributed by atoms with E-state index in [0.717, 1.165) is 55.8 Å². The summed E-state index contributed by atoms with van der Waals surface area (Å²) in [5.41, 5.74) is 5.23. The SMILES string of the molecule is CCCCCCCCCCCCN1CNc2ccc(C3OC(CNCCS(C)(=O)=O)CC34CCCCCC4)cc2C1Nc1ccc(OCc2cccc(F)c2)c(Cl)c1. The predicted octanol–water partition coefficient (Wildman–Crippen LogP) is 11.6. The second kappa shape index (κ2) is 22.1. The third kappa shape index (κ3) is 13.1. The molecule has 2 fully saturated rings. The number of hydrogen-bond acceptors (Lipinski definition) is 8. The van der Waals surface area contributed by atoms with Crippen LogP contribution in [0.5, 0.6) is 5.75 Å². The van der Waals surface area contributed by atoms with Crippen molar-refractivity contribution in [2.24, 2.45) is 5.41 Å². The summed E-state index contributed by atoms with van der Waals surface area (Å²) in [6.07, 6.45) is 22.4. The van der Waals surface area contributed by atoms with Crippen LogP contribution in [0.4, 0.5) is 15.8 Å². The summed E-state index contributed by atoms with van der Waals surface area (Å²) in [4.78, 5) is 2.50. The third-order valence-electron chi connectivity index (χ3n) is 12.5. The van der Waals surface area contributed by atoms with Crippen LogP contribution in [0.2, 0.25) is 5.02 Å². The Labute approximate surface area is 353 Å². The van der Waals surface area contributed by atoms with Crippen molar-refractivity contribution in [2.45, 2.75) is 141 Å². The average Bonchev–Trinajstić information content (AvgIpc) is 3.38. The highest BCUT2D eigenvalue weighted by molar-refractivity contribution is 7.90. The first-order valence-electron chi connectivity index (χ1n) is 22.2. The Morgan fingerprint density at radius 1 is 0.931 bits per heavy atom. The van der Waals surface area contributed by atoms with E-state index in [1.807, 2.05) is 24.3 Å². The summed E-state index contributed by atoms with van der Waals surface area (Å²) in [5, 5.41) is 11.5. The van der Waals surface area contributed by atoms with Gasteiger partial charge in [0, 0.05) is 48.2 Å². The van der Waals surface area contributed by atoms with E-state index in [0.29, 0.717) is 23.9 Å². The van der Waals surface area contributed by atoms with Crippen molar-refractivity contribution in [3.63, 3.8) is 0 Å². The molecule has 2 aliphatic heterocycles. The van der Waals surface area contributed by atoms with Gasteiger partial charge in [-0.15, -0.1) is 0 Å². The Balaban J connectivity index is 1.19. The van der Waals surface area contributed by atoms with Crippen LogP contribution in [0.1, 0.15) is 145 Å². The highest BCUT2D eigenvalue weighted by Gasteiger charge is 2.49. The number of hydrogen-bond donors (Lipinski definition) is 3. The largest absolute Gasteiger partial charge is 0.487 e. The molecule has 8 nitrogen and oxygen atoms in total. The monoisotopic (exact) mass is 838 g/mol. The molecule has 1 spiro atoms. The Hall–Kier alpha value is -2.89. The molecule has 1 saturated carbocycles. The molecule has 320 valence electrons. The molecule has 3 aromatic carbocycles. The fourth-order valence-electron chi connectivity index (χ4n) is 9.36. The van der Waals surface area contributed by atoms with E-state index in [-0.39, 0.29) is 42.0 Å². The lowest BCUT2D eigenvalue weighted by Gasteiger charge is -2.40. The van der Waals surface area contributed by atoms with Crippen molar-refractivity contribution < 1.29 is 22.3 Å². The molecule has 1 aliphatic carbocycles. The summed E-state index contributed by atoms with van der Waals surface area (Å²) < 4.78 is 50.4. The van der Waals surface area contributed by atoms with Gasteiger partial charge < -0.3 is 25.4 Å². The predicted molar refractivity (Wildman–Crippen MR) is 237 cm³/mol. The maximum absolute atomic E-state index is 13.8. The van der Waals surface area contributed by atoms with Crippen molar-refractivity contribution in [1.82, 2.24) is 10.2 Å². The van der Waals surface area contributed by atoms with E-state index in [2.05, 4.69) is 46.0 Å². The normalized spacial score (nSPS) is 20.7. The van der Waals surface area contributed by atoms with Crippen molar-refractivity contribution in [1.29, 1.82) is 0 Å². The van der Waals surface area contributed by atoms with Crippen LogP contribution in [-0.2, 0) is 21.2 Å². The summed E-state index contributed by atoms with van der Waals surface area (Å²) in [6, 6.07) is 19.1. The Morgan fingerprint density at radius 2 is 1.67 bits per heavy atom. The number of unbranched alkanes of at least 4 members (excludes halogenated alkanes) is 9. The van der Waals surface area contributed by atoms with Gasteiger partial charge in [-0.1, -0.05) is 120 Å². The minimum atomic E-state index is -3.03. The second-order valence-corrected chi connectivity index (χ2v) is 19.9. The molecule has 3 aromatic rings. The van der Waals surface area contributed by atoms with Gasteiger partial charge >= 0.3 is 0 Å². The van der Waals surface area contributed by atoms with Crippen LogP contribution in [-0.4, -0.2) is 57.7 Å². The van der Waals surface area contributed by atoms with Crippen LogP contribution >= 0.6 is 11.6 Å². The van der Waals surface area contributed by atoms with Crippen LogP contribution in [0.25, 0.3) is 0 Å². The summed E-state index contributed by atoms with van der Waals surface area (Å²) >= 11 is 6.83. The first-order valence-corrected chi connectivity index (χ1v) is 24.7. The summed E-state index contributed by atoms with van der Waals surface area (Å²) in [7, 11) is -3.03. The maximum Gasteiger partial charge on any atom is 0.148 e. The molecule has 3 atom stereocenters. The Bertz CT molecular complexity index is 1840. The molecule has 3 aliphatic rings. The van der Waals surface area contributed by atoms with Crippen LogP contribution in [0.3, 0.4) is 0 Å². The van der Waals surface area contributed by atoms with Gasteiger partial charge in [-0.25, -0.2) is 12.8 Å². The molecule has 0 aromatic heterocycles. The minimum Gasteiger partial charge on any atom is -0.487 e. The van der Waals surface area contributed by atoms with E-state index >= 15 is 0 Å². The highest BCUT2D eigenvalue weighted by atomic mass is 35.5. The second-order valence-electron chi connectivity index (χ2n) is 17.2. The number of benzene rings is 3. The first kappa shape index (κ1) is 44.7. The zero-order valence-corrected chi connectivity index (χ0v) is 36.6. The molecule has 0 bridgehead atoms. The van der Waals surface area contributed by atoms with E-state index in [1.54, 1.807) is 6.07 Å². The van der Waals surface area contributed by atoms with E-state index in [1.165, 1.54) is 113 Å². The smallest absolute Gasteiger partial charge is 0.148 e. The standard InChI is InChI=1S/C47H68ClFN4O4S/c1-3-4-5-6-7-8-9-10-13-16-27-53-35-51-43-22-20-37(45-47(24-14-11-12-15-25-47)32-40(57-45)33-50-26-28-58(2,54)55)30-41(43)46(53)52-39-21-23-44(42(48)31-39)56-34-36-18-17-19-38(49)29-36/h17-23,29-31,40,45-46,50-52H,3-16,24-28,32-35H2,1-2H3. The van der Waals surface area contributed by atoms with Crippen molar-refractivity contribution >= 4 is 32.8 Å². The average molecular weight is 840 g/mol. The molecule has 0 radical (unpaired) electrons. The fraction of sp³-hybridized carbons (Fsp3) is 0.617. The molecule has 3 unspecified atom stereocenters. The van der Waals surface area contributed by atoms with Gasteiger partial charge in [0.15, 0.2) is 0 Å². The number of sulfone groups is 1. The number of rotatable bonds is 22. The van der Waals surface area contributed by atoms with Gasteiger partial charge in [-0.05, 0) is 79.3 Å². The van der Waals surface area contributed by atoms with Gasteiger partial charge in [0.25, 0.3) is 0 Å². The number of nitrogens with zero attached hydrogens (tertiary/aromatic N) is 1. The molecule has 6 rings (SSSR count). The number of fused-ring (bicyclic) bond motifs is 1. The molecule has 3 N–H and O–H groups in total. The number of anilines is 2. The third-order valence-corrected chi connectivity index (χ3v) is 13.7. The number of ether oxygens (including phenoxy) is 2. The molecule has 2 heterocycles. The van der Waals surface area contributed by atoms with Crippen molar-refractivity contribution in [3.05, 3.63) is 88.2 Å². The van der Waals surface area contributed by atoms with Crippen LogP contribution in [0.15, 0.2) is 60.7 Å². The lowest BCUT2D eigenvalue weighted by molar-refractivity contribution is 0.00517. The molecule has 0 amide bonds. The number of nitrogens with one attached hydrogen (secondary N) is 3. The van der Waals surface area contributed by atoms with Crippen molar-refractivity contribution in [2.75, 3.05) is 48.9 Å². The Kier molecular flexibility index (Phi) is 17.0. The van der Waals surface area contributed by atoms with Crippen LogP contribution in [0, 0.1) is 11.2 Å². The molecule has 11 heteroatoms. The van der Waals surface area contributed by atoms with E-state index in [4.69, 9.17) is 21.1 Å². The quantitative estimate of drug-likeness (QED) is 0.0862. The minimum absolute atomic E-state index is 0.0282. The van der Waals surface area contributed by atoms with Gasteiger partial charge in [0.05, 0.1) is 29.7 Å². The zero-order valence-electron chi connectivity index (χ0n) is 35.0. The first-order chi connectivity index (χ1) is 28.1. The van der Waals surface area contributed by atoms with E-state index in [9.17, 15) is 12.8 Å². The molecular formula is C47H68ClFN4O4S. The van der Waals surface area contributed by atoms with Gasteiger partial charge in [-0.2, -0.15) is 0 Å². The van der Waals surface area contributed by atoms with Gasteiger partial charge in [0.1, 0.15) is 34.2 Å². The van der Waals surface area contributed by atoms with E-state index < -0.39 is 9.84 Å². The lowest BCUT2D eigenvalue weighted by atomic mass is 9.71. The molecule has 58 heavy (non-hydrogen) atoms. The van der Waals surface area contributed by atoms with Gasteiger partial charge in [-0.3, -0.25) is 4.90 Å². The maximum atomic E-state index is 13.8. The zero-order chi connectivity index (χ0) is 40.8. The number of halogens is 2. The Morgan fingerprint density at radius 3 is 2.38 bits per heavy atom. The molecule has 1 saturated heterocycles. The van der Waals surface area contributed by atoms with Crippen molar-refractivity contribution in [3.8, 4) is 5.75 Å². The molecular weight excluding hydrogens is 771 g/mol.